The molecule has 3 heteroatoms. The number of aromatic hydroxyl groups is 1. The van der Waals surface area contributed by atoms with Crippen LogP contribution >= 0.6 is 0 Å². The second-order valence-corrected chi connectivity index (χ2v) is 3.60. The summed E-state index contributed by atoms with van der Waals surface area (Å²) >= 11 is 0. The highest BCUT2D eigenvalue weighted by Crippen LogP contribution is 2.31. The summed E-state index contributed by atoms with van der Waals surface area (Å²) in [5.41, 5.74) is 2.00. The number of carboxylic acids is 1. The van der Waals surface area contributed by atoms with Gasteiger partial charge >= 0.3 is 5.97 Å². The predicted molar refractivity (Wildman–Crippen MR) is 51.7 cm³/mol. The quantitative estimate of drug-likeness (QED) is 0.715. The van der Waals surface area contributed by atoms with Crippen LogP contribution in [0.4, 0.5) is 0 Å². The minimum absolute atomic E-state index is 0.240. The number of hydrogen-bond acceptors (Lipinski definition) is 2. The molecule has 0 radical (unpaired) electrons. The van der Waals surface area contributed by atoms with E-state index in [9.17, 15) is 9.90 Å². The molecule has 3 nitrogen and oxygen atoms in total. The van der Waals surface area contributed by atoms with Gasteiger partial charge in [0, 0.05) is 0 Å². The fraction of sp³-hybridized carbons (Fsp3) is 0.364. The molecule has 0 amide bonds. The Hall–Kier alpha value is -1.51. The van der Waals surface area contributed by atoms with Crippen LogP contribution in [-0.4, -0.2) is 16.2 Å². The second-order valence-electron chi connectivity index (χ2n) is 3.60. The third-order valence-corrected chi connectivity index (χ3v) is 2.74. The summed E-state index contributed by atoms with van der Waals surface area (Å²) in [5, 5.41) is 18.5. The summed E-state index contributed by atoms with van der Waals surface area (Å²) in [5.74, 6) is -0.659. The molecule has 0 bridgehead atoms. The van der Waals surface area contributed by atoms with Crippen LogP contribution in [-0.2, 0) is 12.8 Å². The first-order chi connectivity index (χ1) is 6.70. The third kappa shape index (κ3) is 1.35. The van der Waals surface area contributed by atoms with Gasteiger partial charge in [-0.1, -0.05) is 0 Å². The maximum absolute atomic E-state index is 10.9. The van der Waals surface area contributed by atoms with Gasteiger partial charge < -0.3 is 10.2 Å². The van der Waals surface area contributed by atoms with Crippen molar-refractivity contribution in [3.05, 3.63) is 28.8 Å². The minimum atomic E-state index is -0.900. The van der Waals surface area contributed by atoms with Gasteiger partial charge in [-0.2, -0.15) is 0 Å². The van der Waals surface area contributed by atoms with E-state index in [4.69, 9.17) is 5.11 Å². The van der Waals surface area contributed by atoms with Gasteiger partial charge in [0.25, 0.3) is 0 Å². The molecule has 0 unspecified atom stereocenters. The van der Waals surface area contributed by atoms with Crippen LogP contribution in [0.15, 0.2) is 12.1 Å². The van der Waals surface area contributed by atoms with E-state index in [-0.39, 0.29) is 5.75 Å². The lowest BCUT2D eigenvalue weighted by atomic mass is 9.87. The van der Waals surface area contributed by atoms with Crippen LogP contribution in [0.25, 0.3) is 0 Å². The molecule has 0 heterocycles. The van der Waals surface area contributed by atoms with E-state index in [0.717, 1.165) is 36.8 Å². The number of phenols is 1. The van der Waals surface area contributed by atoms with E-state index >= 15 is 0 Å². The Morgan fingerprint density at radius 1 is 1.14 bits per heavy atom. The average molecular weight is 192 g/mol. The zero-order valence-electron chi connectivity index (χ0n) is 7.79. The SMILES string of the molecule is O=C(O)c1ccc(O)c2c1CCCC2. The largest absolute Gasteiger partial charge is 0.508 e. The number of benzene rings is 1. The summed E-state index contributed by atoms with van der Waals surface area (Å²) in [6.07, 6.45) is 3.61. The molecule has 1 aliphatic rings. The Labute approximate surface area is 82.0 Å². The van der Waals surface area contributed by atoms with Crippen LogP contribution in [0.1, 0.15) is 34.3 Å². The van der Waals surface area contributed by atoms with Crippen LogP contribution in [0.5, 0.6) is 5.75 Å². The molecule has 14 heavy (non-hydrogen) atoms. The molecule has 0 spiro atoms. The van der Waals surface area contributed by atoms with Gasteiger partial charge in [-0.15, -0.1) is 0 Å². The van der Waals surface area contributed by atoms with Crippen LogP contribution in [0.3, 0.4) is 0 Å². The van der Waals surface area contributed by atoms with Crippen LogP contribution < -0.4 is 0 Å². The number of fused-ring (bicyclic) bond motifs is 1. The normalized spacial score (nSPS) is 14.9. The average Bonchev–Trinajstić information content (AvgIpc) is 2.18. The van der Waals surface area contributed by atoms with Crippen molar-refractivity contribution < 1.29 is 15.0 Å². The van der Waals surface area contributed by atoms with Gasteiger partial charge in [0.2, 0.25) is 0 Å². The number of carbonyl (C=O) groups is 1. The van der Waals surface area contributed by atoms with Crippen molar-refractivity contribution in [2.45, 2.75) is 25.7 Å². The first kappa shape index (κ1) is 9.06. The fourth-order valence-corrected chi connectivity index (χ4v) is 2.05. The molecular formula is C11H12O3. The van der Waals surface area contributed by atoms with E-state index < -0.39 is 5.97 Å². The van der Waals surface area contributed by atoms with Gasteiger partial charge in [-0.25, -0.2) is 4.79 Å². The van der Waals surface area contributed by atoms with Crippen molar-refractivity contribution in [3.8, 4) is 5.75 Å². The highest BCUT2D eigenvalue weighted by atomic mass is 16.4. The van der Waals surface area contributed by atoms with Crippen molar-refractivity contribution in [2.75, 3.05) is 0 Å². The zero-order valence-corrected chi connectivity index (χ0v) is 7.79. The number of aromatic carboxylic acids is 1. The van der Waals surface area contributed by atoms with Crippen molar-refractivity contribution >= 4 is 5.97 Å². The summed E-state index contributed by atoms with van der Waals surface area (Å²) in [7, 11) is 0. The Morgan fingerprint density at radius 2 is 1.79 bits per heavy atom. The van der Waals surface area contributed by atoms with Gasteiger partial charge in [0.15, 0.2) is 0 Å². The first-order valence-electron chi connectivity index (χ1n) is 4.77. The smallest absolute Gasteiger partial charge is 0.335 e. The Bertz CT molecular complexity index is 382. The Kier molecular flexibility index (Phi) is 2.15. The second kappa shape index (κ2) is 3.33. The summed E-state index contributed by atoms with van der Waals surface area (Å²) in [6, 6.07) is 2.97. The lowest BCUT2D eigenvalue weighted by Gasteiger charge is -2.18. The third-order valence-electron chi connectivity index (χ3n) is 2.74. The molecule has 0 aromatic heterocycles. The number of rotatable bonds is 1. The predicted octanol–water partition coefficient (Wildman–Crippen LogP) is 1.97. The molecule has 0 saturated heterocycles. The topological polar surface area (TPSA) is 57.5 Å². The summed E-state index contributed by atoms with van der Waals surface area (Å²) in [6.45, 7) is 0. The molecule has 74 valence electrons. The molecular weight excluding hydrogens is 180 g/mol. The standard InChI is InChI=1S/C11H12O3/c12-10-6-5-9(11(13)14)7-3-1-2-4-8(7)10/h5-6,12H,1-4H2,(H,13,14). The minimum Gasteiger partial charge on any atom is -0.508 e. The molecule has 1 aromatic rings. The van der Waals surface area contributed by atoms with E-state index in [2.05, 4.69) is 0 Å². The van der Waals surface area contributed by atoms with Crippen molar-refractivity contribution in [1.29, 1.82) is 0 Å². The highest BCUT2D eigenvalue weighted by Gasteiger charge is 2.19. The van der Waals surface area contributed by atoms with Gasteiger partial charge in [0.1, 0.15) is 5.75 Å². The molecule has 0 atom stereocenters. The van der Waals surface area contributed by atoms with Crippen molar-refractivity contribution in [1.82, 2.24) is 0 Å². The lowest BCUT2D eigenvalue weighted by molar-refractivity contribution is 0.0695. The fourth-order valence-electron chi connectivity index (χ4n) is 2.05. The zero-order chi connectivity index (χ0) is 10.1. The molecule has 0 fully saturated rings. The van der Waals surface area contributed by atoms with E-state index in [0.29, 0.717) is 5.56 Å². The Morgan fingerprint density at radius 3 is 2.43 bits per heavy atom. The molecule has 1 aromatic carbocycles. The highest BCUT2D eigenvalue weighted by molar-refractivity contribution is 5.90. The van der Waals surface area contributed by atoms with Crippen molar-refractivity contribution in [2.24, 2.45) is 0 Å². The Balaban J connectivity index is 2.59. The van der Waals surface area contributed by atoms with E-state index in [1.807, 2.05) is 0 Å². The van der Waals surface area contributed by atoms with Crippen molar-refractivity contribution in [3.63, 3.8) is 0 Å². The molecule has 2 N–H and O–H groups in total. The molecule has 2 rings (SSSR count). The van der Waals surface area contributed by atoms with E-state index in [1.54, 1.807) is 0 Å². The molecule has 0 aliphatic heterocycles. The monoisotopic (exact) mass is 192 g/mol. The number of hydrogen-bond donors (Lipinski definition) is 2. The van der Waals surface area contributed by atoms with E-state index in [1.165, 1.54) is 12.1 Å². The van der Waals surface area contributed by atoms with Crippen LogP contribution in [0.2, 0.25) is 0 Å². The first-order valence-corrected chi connectivity index (χ1v) is 4.77. The van der Waals surface area contributed by atoms with Crippen LogP contribution in [0, 0.1) is 0 Å². The van der Waals surface area contributed by atoms with Gasteiger partial charge in [-0.05, 0) is 48.9 Å². The number of carboxylic acid groups (broad SMARTS) is 1. The number of phenolic OH excluding ortho intramolecular Hbond substituents is 1. The van der Waals surface area contributed by atoms with Gasteiger partial charge in [-0.3, -0.25) is 0 Å². The summed E-state index contributed by atoms with van der Waals surface area (Å²) in [4.78, 5) is 10.9. The molecule has 1 aliphatic carbocycles. The molecule has 0 saturated carbocycles. The maximum Gasteiger partial charge on any atom is 0.335 e. The lowest BCUT2D eigenvalue weighted by Crippen LogP contribution is -2.10. The van der Waals surface area contributed by atoms with Gasteiger partial charge in [0.05, 0.1) is 5.56 Å². The summed E-state index contributed by atoms with van der Waals surface area (Å²) < 4.78 is 0. The maximum atomic E-state index is 10.9.